The third kappa shape index (κ3) is 4.22. The summed E-state index contributed by atoms with van der Waals surface area (Å²) in [6.07, 6.45) is 3.72. The molecule has 1 aliphatic rings. The Morgan fingerprint density at radius 3 is 2.65 bits per heavy atom. The predicted octanol–water partition coefficient (Wildman–Crippen LogP) is 4.84. The number of benzene rings is 2. The average molecular weight is 432 g/mol. The van der Waals surface area contributed by atoms with E-state index in [-0.39, 0.29) is 17.9 Å². The van der Waals surface area contributed by atoms with Gasteiger partial charge in [0.25, 0.3) is 5.56 Å². The molecule has 1 aliphatic carbocycles. The molecule has 2 aromatic heterocycles. The van der Waals surface area contributed by atoms with E-state index < -0.39 is 0 Å². The number of aromatic amines is 1. The van der Waals surface area contributed by atoms with Gasteiger partial charge in [0, 0.05) is 23.4 Å². The van der Waals surface area contributed by atoms with Gasteiger partial charge in [0.05, 0.1) is 5.39 Å². The number of H-pyrrole nitrogens is 1. The van der Waals surface area contributed by atoms with Crippen LogP contribution in [0.4, 0.5) is 5.69 Å². The molecule has 1 amide bonds. The van der Waals surface area contributed by atoms with Crippen molar-refractivity contribution in [2.24, 2.45) is 0 Å². The zero-order chi connectivity index (χ0) is 21.2. The Balaban J connectivity index is 1.20. The number of ether oxygens (including phenoxy) is 1. The fraction of sp³-hybridized carbons (Fsp3) is 0.208. The second kappa shape index (κ2) is 8.35. The van der Waals surface area contributed by atoms with Gasteiger partial charge in [0.15, 0.2) is 0 Å². The molecule has 0 aliphatic heterocycles. The van der Waals surface area contributed by atoms with Crippen LogP contribution in [-0.4, -0.2) is 15.9 Å². The number of para-hydroxylation sites is 1. The summed E-state index contributed by atoms with van der Waals surface area (Å²) in [7, 11) is 0. The Kier molecular flexibility index (Phi) is 5.26. The van der Waals surface area contributed by atoms with E-state index in [0.29, 0.717) is 23.7 Å². The monoisotopic (exact) mass is 431 g/mol. The van der Waals surface area contributed by atoms with E-state index in [0.717, 1.165) is 40.8 Å². The molecule has 2 heterocycles. The highest BCUT2D eigenvalue weighted by Gasteiger charge is 2.21. The van der Waals surface area contributed by atoms with Gasteiger partial charge in [-0.2, -0.15) is 0 Å². The molecule has 31 heavy (non-hydrogen) atoms. The van der Waals surface area contributed by atoms with Crippen LogP contribution in [0.5, 0.6) is 11.5 Å². The average Bonchev–Trinajstić information content (AvgIpc) is 3.35. The predicted molar refractivity (Wildman–Crippen MR) is 122 cm³/mol. The highest BCUT2D eigenvalue weighted by atomic mass is 32.1. The van der Waals surface area contributed by atoms with Gasteiger partial charge in [-0.15, -0.1) is 11.3 Å². The van der Waals surface area contributed by atoms with E-state index in [1.54, 1.807) is 23.5 Å². The number of nitrogens with one attached hydrogen (secondary N) is 2. The van der Waals surface area contributed by atoms with Gasteiger partial charge in [-0.05, 0) is 61.2 Å². The summed E-state index contributed by atoms with van der Waals surface area (Å²) in [6, 6.07) is 16.7. The minimum atomic E-state index is -0.131. The maximum atomic E-state index is 12.5. The van der Waals surface area contributed by atoms with Crippen molar-refractivity contribution in [1.29, 1.82) is 0 Å². The van der Waals surface area contributed by atoms with Gasteiger partial charge in [-0.3, -0.25) is 9.59 Å². The lowest BCUT2D eigenvalue weighted by molar-refractivity contribution is -0.116. The summed E-state index contributed by atoms with van der Waals surface area (Å²) in [5.74, 6) is 1.88. The maximum Gasteiger partial charge on any atom is 0.259 e. The van der Waals surface area contributed by atoms with Crippen molar-refractivity contribution in [2.75, 3.05) is 5.32 Å². The number of anilines is 1. The second-order valence-electron chi connectivity index (χ2n) is 7.54. The maximum absolute atomic E-state index is 12.5. The van der Waals surface area contributed by atoms with Crippen LogP contribution in [0.15, 0.2) is 59.4 Å². The Hall–Kier alpha value is -3.45. The van der Waals surface area contributed by atoms with Crippen LogP contribution in [0.2, 0.25) is 0 Å². The summed E-state index contributed by atoms with van der Waals surface area (Å²) < 4.78 is 5.76. The van der Waals surface area contributed by atoms with Crippen LogP contribution >= 0.6 is 11.3 Å². The van der Waals surface area contributed by atoms with Crippen molar-refractivity contribution in [3.05, 3.63) is 81.2 Å². The third-order valence-corrected chi connectivity index (χ3v) is 6.52. The molecule has 0 bridgehead atoms. The van der Waals surface area contributed by atoms with Crippen LogP contribution < -0.4 is 15.6 Å². The number of aromatic nitrogens is 2. The van der Waals surface area contributed by atoms with Crippen molar-refractivity contribution in [1.82, 2.24) is 9.97 Å². The molecule has 0 saturated heterocycles. The number of nitrogens with zero attached hydrogens (tertiary/aromatic N) is 1. The molecule has 0 atom stereocenters. The second-order valence-corrected chi connectivity index (χ2v) is 8.62. The van der Waals surface area contributed by atoms with Crippen molar-refractivity contribution in [3.63, 3.8) is 0 Å². The van der Waals surface area contributed by atoms with Crippen molar-refractivity contribution in [2.45, 2.75) is 32.1 Å². The van der Waals surface area contributed by atoms with Gasteiger partial charge in [-0.1, -0.05) is 18.2 Å². The van der Waals surface area contributed by atoms with Gasteiger partial charge in [0.1, 0.15) is 22.2 Å². The number of carbonyl (C=O) groups is 1. The normalized spacial score (nSPS) is 12.6. The SMILES string of the molecule is O=C(CCc1nc2sc3c(c2c(=O)[nH]1)CCC3)Nc1ccc(Oc2ccccc2)cc1. The molecule has 4 aromatic rings. The number of carbonyl (C=O) groups excluding carboxylic acids is 1. The van der Waals surface area contributed by atoms with Crippen LogP contribution in [0.3, 0.4) is 0 Å². The lowest BCUT2D eigenvalue weighted by Crippen LogP contribution is -2.16. The number of rotatable bonds is 6. The fourth-order valence-corrected chi connectivity index (χ4v) is 5.13. The number of aryl methyl sites for hydroxylation is 3. The summed E-state index contributed by atoms with van der Waals surface area (Å²) in [4.78, 5) is 34.4. The van der Waals surface area contributed by atoms with Crippen molar-refractivity contribution < 1.29 is 9.53 Å². The zero-order valence-corrected chi connectivity index (χ0v) is 17.6. The van der Waals surface area contributed by atoms with E-state index >= 15 is 0 Å². The molecule has 0 unspecified atom stereocenters. The van der Waals surface area contributed by atoms with E-state index in [4.69, 9.17) is 4.74 Å². The molecule has 6 nitrogen and oxygen atoms in total. The summed E-state index contributed by atoms with van der Waals surface area (Å²) >= 11 is 1.61. The largest absolute Gasteiger partial charge is 0.457 e. The number of fused-ring (bicyclic) bond motifs is 3. The number of amides is 1. The third-order valence-electron chi connectivity index (χ3n) is 5.33. The first-order chi connectivity index (χ1) is 15.2. The lowest BCUT2D eigenvalue weighted by atomic mass is 10.2. The molecule has 2 N–H and O–H groups in total. The molecule has 2 aromatic carbocycles. The Morgan fingerprint density at radius 2 is 1.84 bits per heavy atom. The molecule has 0 spiro atoms. The molecular formula is C24H21N3O3S. The lowest BCUT2D eigenvalue weighted by Gasteiger charge is -2.08. The van der Waals surface area contributed by atoms with Gasteiger partial charge in [-0.25, -0.2) is 4.98 Å². The molecule has 0 fully saturated rings. The molecule has 156 valence electrons. The van der Waals surface area contributed by atoms with Crippen LogP contribution in [0, 0.1) is 0 Å². The van der Waals surface area contributed by atoms with E-state index in [1.807, 2.05) is 42.5 Å². The standard InChI is InChI=1S/C24H21N3O3S/c28-21(25-15-9-11-17(12-10-15)30-16-5-2-1-3-6-16)14-13-20-26-23(29)22-18-7-4-8-19(18)31-24(22)27-20/h1-3,5-6,9-12H,4,7-8,13-14H2,(H,25,28)(H,26,27,29). The smallest absolute Gasteiger partial charge is 0.259 e. The van der Waals surface area contributed by atoms with E-state index in [2.05, 4.69) is 15.3 Å². The van der Waals surface area contributed by atoms with Gasteiger partial charge < -0.3 is 15.0 Å². The zero-order valence-electron chi connectivity index (χ0n) is 16.8. The summed E-state index contributed by atoms with van der Waals surface area (Å²) in [5, 5.41) is 3.61. The molecule has 7 heteroatoms. The van der Waals surface area contributed by atoms with Crippen LogP contribution in [-0.2, 0) is 24.1 Å². The first kappa shape index (κ1) is 19.5. The Labute approximate surface area is 182 Å². The minimum Gasteiger partial charge on any atom is -0.457 e. The highest BCUT2D eigenvalue weighted by molar-refractivity contribution is 7.18. The topological polar surface area (TPSA) is 84.1 Å². The number of thiophene rings is 1. The summed E-state index contributed by atoms with van der Waals surface area (Å²) in [5.41, 5.74) is 1.77. The van der Waals surface area contributed by atoms with Crippen molar-refractivity contribution >= 4 is 33.1 Å². The molecule has 5 rings (SSSR count). The van der Waals surface area contributed by atoms with Crippen molar-refractivity contribution in [3.8, 4) is 11.5 Å². The quantitative estimate of drug-likeness (QED) is 0.458. The van der Waals surface area contributed by atoms with E-state index in [9.17, 15) is 9.59 Å². The van der Waals surface area contributed by atoms with Gasteiger partial charge in [0.2, 0.25) is 5.91 Å². The van der Waals surface area contributed by atoms with Crippen LogP contribution in [0.25, 0.3) is 10.2 Å². The molecular weight excluding hydrogens is 410 g/mol. The minimum absolute atomic E-state index is 0.0891. The molecule has 0 saturated carbocycles. The summed E-state index contributed by atoms with van der Waals surface area (Å²) in [6.45, 7) is 0. The fourth-order valence-electron chi connectivity index (χ4n) is 3.85. The number of hydrogen-bond donors (Lipinski definition) is 2. The van der Waals surface area contributed by atoms with Crippen LogP contribution in [0.1, 0.15) is 29.1 Å². The highest BCUT2D eigenvalue weighted by Crippen LogP contribution is 2.34. The first-order valence-corrected chi connectivity index (χ1v) is 11.1. The van der Waals surface area contributed by atoms with E-state index in [1.165, 1.54) is 4.88 Å². The first-order valence-electron chi connectivity index (χ1n) is 10.3. The number of hydrogen-bond acceptors (Lipinski definition) is 5. The van der Waals surface area contributed by atoms with Gasteiger partial charge >= 0.3 is 0 Å². The Morgan fingerprint density at radius 1 is 1.06 bits per heavy atom. The Bertz CT molecular complexity index is 1290. The molecule has 0 radical (unpaired) electrons.